The molecule has 0 aliphatic carbocycles. The number of sulfonamides is 1. The quantitative estimate of drug-likeness (QED) is 0.720. The summed E-state index contributed by atoms with van der Waals surface area (Å²) in [6.45, 7) is 11.4. The fourth-order valence-electron chi connectivity index (χ4n) is 4.00. The van der Waals surface area contributed by atoms with Crippen molar-refractivity contribution in [3.05, 3.63) is 50.2 Å². The first kappa shape index (κ1) is 22.0. The minimum Gasteiger partial charge on any atom is -0.340 e. The Hall–Kier alpha value is -1.70. The molecule has 0 saturated carbocycles. The van der Waals surface area contributed by atoms with Crippen LogP contribution in [0.3, 0.4) is 0 Å². The van der Waals surface area contributed by atoms with E-state index in [0.717, 1.165) is 34.2 Å². The number of hydrogen-bond donors (Lipinski definition) is 0. The van der Waals surface area contributed by atoms with Crippen molar-refractivity contribution >= 4 is 27.3 Å². The van der Waals surface area contributed by atoms with E-state index < -0.39 is 10.0 Å². The molecule has 1 aliphatic heterocycles. The molecule has 158 valence electrons. The molecule has 1 amide bonds. The molecule has 1 saturated heterocycles. The van der Waals surface area contributed by atoms with Crippen LogP contribution in [0.4, 0.5) is 0 Å². The molecule has 0 unspecified atom stereocenters. The van der Waals surface area contributed by atoms with Gasteiger partial charge in [-0.05, 0) is 91.2 Å². The van der Waals surface area contributed by atoms with Crippen LogP contribution in [0.25, 0.3) is 0 Å². The third-order valence-electron chi connectivity index (χ3n) is 6.33. The lowest BCUT2D eigenvalue weighted by atomic mass is 9.95. The number of nitrogens with zero attached hydrogens (tertiary/aromatic N) is 2. The number of rotatable bonds is 5. The fraction of sp³-hybridized carbons (Fsp3) is 0.500. The molecule has 7 heteroatoms. The highest BCUT2D eigenvalue weighted by Gasteiger charge is 2.33. The van der Waals surface area contributed by atoms with Gasteiger partial charge in [-0.25, -0.2) is 8.42 Å². The largest absolute Gasteiger partial charge is 0.340 e. The van der Waals surface area contributed by atoms with Gasteiger partial charge in [0, 0.05) is 32.6 Å². The Bertz CT molecular complexity index is 974. The zero-order valence-corrected chi connectivity index (χ0v) is 19.5. The third kappa shape index (κ3) is 4.27. The number of carbonyl (C=O) groups excluding carboxylic acids is 1. The SMILES string of the molecule is Cc1c(C)c(C)c(S(=O)(=O)N2CCN(C(=O)CCc3ccsc3)CC2)c(C)c1C. The first-order valence-electron chi connectivity index (χ1n) is 10.0. The summed E-state index contributed by atoms with van der Waals surface area (Å²) >= 11 is 1.63. The molecular weight excluding hydrogens is 404 g/mol. The molecule has 1 aromatic heterocycles. The van der Waals surface area contributed by atoms with Gasteiger partial charge in [0.25, 0.3) is 0 Å². The summed E-state index contributed by atoms with van der Waals surface area (Å²) in [7, 11) is -3.59. The zero-order chi connectivity index (χ0) is 21.3. The fourth-order valence-corrected chi connectivity index (χ4v) is 6.69. The Balaban J connectivity index is 1.71. The summed E-state index contributed by atoms with van der Waals surface area (Å²) in [4.78, 5) is 14.8. The molecule has 0 radical (unpaired) electrons. The van der Waals surface area contributed by atoms with E-state index in [1.165, 1.54) is 5.56 Å². The normalized spacial score (nSPS) is 15.7. The molecule has 5 nitrogen and oxygen atoms in total. The summed E-state index contributed by atoms with van der Waals surface area (Å²) < 4.78 is 28.4. The Kier molecular flexibility index (Phi) is 6.51. The van der Waals surface area contributed by atoms with Gasteiger partial charge < -0.3 is 4.90 Å². The molecule has 2 aromatic rings. The zero-order valence-electron chi connectivity index (χ0n) is 17.9. The van der Waals surface area contributed by atoms with E-state index >= 15 is 0 Å². The second kappa shape index (κ2) is 8.58. The van der Waals surface area contributed by atoms with Crippen LogP contribution in [0.15, 0.2) is 21.7 Å². The molecular formula is C22H30N2O3S2. The van der Waals surface area contributed by atoms with Crippen LogP contribution in [0.1, 0.15) is 39.8 Å². The Morgan fingerprint density at radius 1 is 0.931 bits per heavy atom. The molecule has 0 atom stereocenters. The van der Waals surface area contributed by atoms with E-state index in [0.29, 0.717) is 37.5 Å². The number of aryl methyl sites for hydroxylation is 1. The van der Waals surface area contributed by atoms with Crippen LogP contribution in [-0.4, -0.2) is 49.7 Å². The van der Waals surface area contributed by atoms with E-state index in [4.69, 9.17) is 0 Å². The average Bonchev–Trinajstić information content (AvgIpc) is 3.22. The highest BCUT2D eigenvalue weighted by molar-refractivity contribution is 7.89. The number of piperazine rings is 1. The van der Waals surface area contributed by atoms with Crippen molar-refractivity contribution in [2.75, 3.05) is 26.2 Å². The second-order valence-corrected chi connectivity index (χ2v) is 10.5. The number of hydrogen-bond acceptors (Lipinski definition) is 4. The standard InChI is InChI=1S/C22H30N2O3S2/c1-15-16(2)18(4)22(19(5)17(15)3)29(26,27)24-11-9-23(10-12-24)21(25)7-6-20-8-13-28-14-20/h8,13-14H,6-7,9-12H2,1-5H3. The van der Waals surface area contributed by atoms with E-state index in [1.54, 1.807) is 20.5 Å². The van der Waals surface area contributed by atoms with Crippen molar-refractivity contribution in [2.24, 2.45) is 0 Å². The lowest BCUT2D eigenvalue weighted by Gasteiger charge is -2.35. The van der Waals surface area contributed by atoms with Crippen molar-refractivity contribution in [3.8, 4) is 0 Å². The van der Waals surface area contributed by atoms with Gasteiger partial charge in [0.15, 0.2) is 0 Å². The van der Waals surface area contributed by atoms with E-state index in [1.807, 2.05) is 46.1 Å². The number of benzene rings is 1. The highest BCUT2D eigenvalue weighted by atomic mass is 32.2. The Morgan fingerprint density at radius 2 is 1.48 bits per heavy atom. The summed E-state index contributed by atoms with van der Waals surface area (Å²) in [5, 5.41) is 4.08. The molecule has 1 aromatic carbocycles. The molecule has 0 N–H and O–H groups in total. The molecule has 3 rings (SSSR count). The number of carbonyl (C=O) groups is 1. The Morgan fingerprint density at radius 3 is 2.00 bits per heavy atom. The third-order valence-corrected chi connectivity index (χ3v) is 9.23. The molecule has 2 heterocycles. The minimum absolute atomic E-state index is 0.0997. The first-order valence-corrected chi connectivity index (χ1v) is 12.4. The molecule has 0 spiro atoms. The van der Waals surface area contributed by atoms with Crippen molar-refractivity contribution in [1.29, 1.82) is 0 Å². The van der Waals surface area contributed by atoms with Gasteiger partial charge in [0.2, 0.25) is 15.9 Å². The van der Waals surface area contributed by atoms with Crippen molar-refractivity contribution in [1.82, 2.24) is 9.21 Å². The average molecular weight is 435 g/mol. The second-order valence-electron chi connectivity index (χ2n) is 7.87. The van der Waals surface area contributed by atoms with Crippen LogP contribution in [0.2, 0.25) is 0 Å². The number of thiophene rings is 1. The predicted molar refractivity (Wildman–Crippen MR) is 118 cm³/mol. The van der Waals surface area contributed by atoms with Gasteiger partial charge in [-0.3, -0.25) is 4.79 Å². The maximum Gasteiger partial charge on any atom is 0.243 e. The Labute approximate surface area is 178 Å². The molecule has 0 bridgehead atoms. The van der Waals surface area contributed by atoms with Crippen molar-refractivity contribution in [3.63, 3.8) is 0 Å². The summed E-state index contributed by atoms with van der Waals surface area (Å²) in [6, 6.07) is 2.04. The maximum absolute atomic E-state index is 13.4. The van der Waals surface area contributed by atoms with Gasteiger partial charge in [0.05, 0.1) is 4.90 Å². The van der Waals surface area contributed by atoms with Gasteiger partial charge in [-0.15, -0.1) is 0 Å². The summed E-state index contributed by atoms with van der Waals surface area (Å²) in [5.41, 5.74) is 6.07. The topological polar surface area (TPSA) is 57.7 Å². The predicted octanol–water partition coefficient (Wildman–Crippen LogP) is 3.76. The van der Waals surface area contributed by atoms with Crippen molar-refractivity contribution < 1.29 is 13.2 Å². The van der Waals surface area contributed by atoms with Gasteiger partial charge in [-0.2, -0.15) is 15.6 Å². The molecule has 1 aliphatic rings. The lowest BCUT2D eigenvalue weighted by molar-refractivity contribution is -0.132. The van der Waals surface area contributed by atoms with Crippen LogP contribution in [0.5, 0.6) is 0 Å². The van der Waals surface area contributed by atoms with Crippen LogP contribution < -0.4 is 0 Å². The van der Waals surface area contributed by atoms with Crippen LogP contribution in [-0.2, 0) is 21.2 Å². The van der Waals surface area contributed by atoms with E-state index in [9.17, 15) is 13.2 Å². The lowest BCUT2D eigenvalue weighted by Crippen LogP contribution is -2.50. The van der Waals surface area contributed by atoms with Crippen LogP contribution >= 0.6 is 11.3 Å². The minimum atomic E-state index is -3.59. The van der Waals surface area contributed by atoms with Gasteiger partial charge >= 0.3 is 0 Å². The maximum atomic E-state index is 13.4. The number of amides is 1. The molecule has 29 heavy (non-hydrogen) atoms. The van der Waals surface area contributed by atoms with Crippen LogP contribution in [0, 0.1) is 34.6 Å². The van der Waals surface area contributed by atoms with Gasteiger partial charge in [-0.1, -0.05) is 0 Å². The smallest absolute Gasteiger partial charge is 0.243 e. The highest BCUT2D eigenvalue weighted by Crippen LogP contribution is 2.32. The monoisotopic (exact) mass is 434 g/mol. The van der Waals surface area contributed by atoms with E-state index in [2.05, 4.69) is 5.38 Å². The van der Waals surface area contributed by atoms with Gasteiger partial charge in [0.1, 0.15) is 0 Å². The summed E-state index contributed by atoms with van der Waals surface area (Å²) in [5.74, 6) is 0.0997. The van der Waals surface area contributed by atoms with E-state index in [-0.39, 0.29) is 5.91 Å². The first-order chi connectivity index (χ1) is 13.6. The molecule has 1 fully saturated rings. The van der Waals surface area contributed by atoms with Crippen molar-refractivity contribution in [2.45, 2.75) is 52.4 Å². The summed E-state index contributed by atoms with van der Waals surface area (Å²) in [6.07, 6.45) is 1.21.